The van der Waals surface area contributed by atoms with Crippen molar-refractivity contribution in [3.63, 3.8) is 0 Å². The Balaban J connectivity index is 1.81. The van der Waals surface area contributed by atoms with Gasteiger partial charge in [0.05, 0.1) is 11.5 Å². The summed E-state index contributed by atoms with van der Waals surface area (Å²) in [7, 11) is 0. The van der Waals surface area contributed by atoms with Gasteiger partial charge >= 0.3 is 0 Å². The molecule has 1 aliphatic rings. The van der Waals surface area contributed by atoms with E-state index in [2.05, 4.69) is 5.32 Å². The lowest BCUT2D eigenvalue weighted by Gasteiger charge is -2.20. The first-order valence-electron chi connectivity index (χ1n) is 5.83. The fourth-order valence-electron chi connectivity index (χ4n) is 1.91. The number of rotatable bonds is 5. The Bertz CT molecular complexity index is 413. The van der Waals surface area contributed by atoms with Gasteiger partial charge in [-0.25, -0.2) is 0 Å². The quantitative estimate of drug-likeness (QED) is 0.599. The van der Waals surface area contributed by atoms with Crippen molar-refractivity contribution in [1.82, 2.24) is 5.32 Å². The van der Waals surface area contributed by atoms with E-state index in [0.29, 0.717) is 32.7 Å². The van der Waals surface area contributed by atoms with Crippen molar-refractivity contribution >= 4 is 5.69 Å². The first-order valence-corrected chi connectivity index (χ1v) is 5.83. The molecule has 1 unspecified atom stereocenters. The van der Waals surface area contributed by atoms with Crippen LogP contribution >= 0.6 is 0 Å². The first-order chi connectivity index (χ1) is 8.59. The number of hydrogen-bond donors (Lipinski definition) is 2. The largest absolute Gasteiger partial charge is 0.386 e. The number of aliphatic hydroxyl groups is 1. The van der Waals surface area contributed by atoms with Crippen LogP contribution in [0.4, 0.5) is 5.69 Å². The van der Waals surface area contributed by atoms with Crippen LogP contribution in [-0.4, -0.2) is 35.4 Å². The highest BCUT2D eigenvalue weighted by Crippen LogP contribution is 2.17. The SMILES string of the molecule is O=[N+]([O-])c1ccc(CNCC2(O)CCOC2)cc1. The van der Waals surface area contributed by atoms with Gasteiger partial charge in [-0.05, 0) is 5.56 Å². The smallest absolute Gasteiger partial charge is 0.269 e. The van der Waals surface area contributed by atoms with E-state index in [4.69, 9.17) is 4.74 Å². The van der Waals surface area contributed by atoms with Crippen LogP contribution in [0.1, 0.15) is 12.0 Å². The van der Waals surface area contributed by atoms with Gasteiger partial charge in [0, 0.05) is 38.2 Å². The number of nitro benzene ring substituents is 1. The average molecular weight is 252 g/mol. The van der Waals surface area contributed by atoms with Gasteiger partial charge in [-0.15, -0.1) is 0 Å². The maximum atomic E-state index is 10.5. The van der Waals surface area contributed by atoms with Gasteiger partial charge in [-0.2, -0.15) is 0 Å². The van der Waals surface area contributed by atoms with Gasteiger partial charge in [0.1, 0.15) is 5.60 Å². The van der Waals surface area contributed by atoms with Gasteiger partial charge in [-0.3, -0.25) is 10.1 Å². The lowest BCUT2D eigenvalue weighted by molar-refractivity contribution is -0.384. The van der Waals surface area contributed by atoms with Crippen molar-refractivity contribution in [3.05, 3.63) is 39.9 Å². The Morgan fingerprint density at radius 3 is 2.72 bits per heavy atom. The Morgan fingerprint density at radius 2 is 2.17 bits per heavy atom. The lowest BCUT2D eigenvalue weighted by Crippen LogP contribution is -2.40. The molecule has 98 valence electrons. The molecule has 1 fully saturated rings. The van der Waals surface area contributed by atoms with Crippen LogP contribution in [0.2, 0.25) is 0 Å². The molecule has 0 spiro atoms. The van der Waals surface area contributed by atoms with E-state index in [1.807, 2.05) is 0 Å². The standard InChI is InChI=1S/C12H16N2O4/c15-12(5-6-18-9-12)8-13-7-10-1-3-11(4-2-10)14(16)17/h1-4,13,15H,5-9H2. The molecule has 2 rings (SSSR count). The fourth-order valence-corrected chi connectivity index (χ4v) is 1.91. The van der Waals surface area contributed by atoms with Gasteiger partial charge in [0.2, 0.25) is 0 Å². The van der Waals surface area contributed by atoms with Crippen LogP contribution in [0.3, 0.4) is 0 Å². The van der Waals surface area contributed by atoms with Gasteiger partial charge in [0.15, 0.2) is 0 Å². The van der Waals surface area contributed by atoms with Crippen LogP contribution in [0, 0.1) is 10.1 Å². The second kappa shape index (κ2) is 5.43. The number of benzene rings is 1. The van der Waals surface area contributed by atoms with E-state index in [9.17, 15) is 15.2 Å². The predicted molar refractivity (Wildman–Crippen MR) is 65.2 cm³/mol. The topological polar surface area (TPSA) is 84.6 Å². The van der Waals surface area contributed by atoms with Crippen molar-refractivity contribution < 1.29 is 14.8 Å². The van der Waals surface area contributed by atoms with Crippen molar-refractivity contribution in [2.75, 3.05) is 19.8 Å². The summed E-state index contributed by atoms with van der Waals surface area (Å²) < 4.78 is 5.14. The predicted octanol–water partition coefficient (Wildman–Crippen LogP) is 0.836. The van der Waals surface area contributed by atoms with Crippen LogP contribution in [-0.2, 0) is 11.3 Å². The summed E-state index contributed by atoms with van der Waals surface area (Å²) in [6.07, 6.45) is 0.639. The highest BCUT2D eigenvalue weighted by molar-refractivity contribution is 5.32. The molecule has 18 heavy (non-hydrogen) atoms. The molecule has 1 aromatic carbocycles. The summed E-state index contributed by atoms with van der Waals surface area (Å²) in [6.45, 7) is 1.99. The molecular formula is C12H16N2O4. The minimum absolute atomic E-state index is 0.0848. The highest BCUT2D eigenvalue weighted by atomic mass is 16.6. The number of nitro groups is 1. The zero-order valence-electron chi connectivity index (χ0n) is 9.96. The lowest BCUT2D eigenvalue weighted by atomic mass is 10.0. The summed E-state index contributed by atoms with van der Waals surface area (Å²) in [6, 6.07) is 6.37. The molecule has 0 amide bonds. The van der Waals surface area contributed by atoms with E-state index in [-0.39, 0.29) is 5.69 Å². The second-order valence-corrected chi connectivity index (χ2v) is 4.55. The van der Waals surface area contributed by atoms with Crippen molar-refractivity contribution in [2.45, 2.75) is 18.6 Å². The average Bonchev–Trinajstić information content (AvgIpc) is 2.77. The summed E-state index contributed by atoms with van der Waals surface area (Å²) in [5, 5.41) is 23.6. The maximum absolute atomic E-state index is 10.5. The minimum atomic E-state index is -0.777. The molecule has 0 radical (unpaired) electrons. The third-order valence-corrected chi connectivity index (χ3v) is 3.01. The van der Waals surface area contributed by atoms with E-state index in [0.717, 1.165) is 5.56 Å². The van der Waals surface area contributed by atoms with Crippen LogP contribution in [0.15, 0.2) is 24.3 Å². The van der Waals surface area contributed by atoms with Crippen molar-refractivity contribution in [2.24, 2.45) is 0 Å². The number of nitrogens with zero attached hydrogens (tertiary/aromatic N) is 1. The monoisotopic (exact) mass is 252 g/mol. The molecule has 0 saturated carbocycles. The molecule has 6 nitrogen and oxygen atoms in total. The zero-order valence-corrected chi connectivity index (χ0v) is 9.96. The number of nitrogens with one attached hydrogen (secondary N) is 1. The van der Waals surface area contributed by atoms with Crippen LogP contribution in [0.25, 0.3) is 0 Å². The van der Waals surface area contributed by atoms with Crippen molar-refractivity contribution in [1.29, 1.82) is 0 Å². The molecule has 1 atom stereocenters. The molecule has 6 heteroatoms. The third-order valence-electron chi connectivity index (χ3n) is 3.01. The minimum Gasteiger partial charge on any atom is -0.386 e. The fraction of sp³-hybridized carbons (Fsp3) is 0.500. The summed E-state index contributed by atoms with van der Waals surface area (Å²) in [5.74, 6) is 0. The molecule has 0 aromatic heterocycles. The van der Waals surface area contributed by atoms with Gasteiger partial charge < -0.3 is 15.2 Å². The molecule has 1 aromatic rings. The number of non-ortho nitro benzene ring substituents is 1. The Morgan fingerprint density at radius 1 is 1.44 bits per heavy atom. The molecule has 0 aliphatic carbocycles. The summed E-state index contributed by atoms with van der Waals surface area (Å²) in [4.78, 5) is 10.1. The zero-order chi connectivity index (χ0) is 13.0. The maximum Gasteiger partial charge on any atom is 0.269 e. The molecule has 2 N–H and O–H groups in total. The van der Waals surface area contributed by atoms with Crippen LogP contribution < -0.4 is 5.32 Å². The molecule has 0 bridgehead atoms. The van der Waals surface area contributed by atoms with Gasteiger partial charge in [-0.1, -0.05) is 12.1 Å². The second-order valence-electron chi connectivity index (χ2n) is 4.55. The molecule has 1 aliphatic heterocycles. The van der Waals surface area contributed by atoms with E-state index in [1.54, 1.807) is 12.1 Å². The van der Waals surface area contributed by atoms with Crippen LogP contribution in [0.5, 0.6) is 0 Å². The summed E-state index contributed by atoms with van der Waals surface area (Å²) >= 11 is 0. The van der Waals surface area contributed by atoms with E-state index in [1.165, 1.54) is 12.1 Å². The Labute approximate surface area is 105 Å². The first kappa shape index (κ1) is 12.9. The number of hydrogen-bond acceptors (Lipinski definition) is 5. The normalized spacial score (nSPS) is 23.2. The van der Waals surface area contributed by atoms with E-state index >= 15 is 0 Å². The number of ether oxygens (including phenoxy) is 1. The molecular weight excluding hydrogens is 236 g/mol. The third kappa shape index (κ3) is 3.25. The van der Waals surface area contributed by atoms with Gasteiger partial charge in [0.25, 0.3) is 5.69 Å². The van der Waals surface area contributed by atoms with Crippen molar-refractivity contribution in [3.8, 4) is 0 Å². The Hall–Kier alpha value is -1.50. The van der Waals surface area contributed by atoms with E-state index < -0.39 is 10.5 Å². The Kier molecular flexibility index (Phi) is 3.90. The highest BCUT2D eigenvalue weighted by Gasteiger charge is 2.31. The molecule has 1 saturated heterocycles. The molecule has 1 heterocycles. The summed E-state index contributed by atoms with van der Waals surface area (Å²) in [5.41, 5.74) is 0.255.